The van der Waals surface area contributed by atoms with Crippen LogP contribution in [-0.4, -0.2) is 65.6 Å². The van der Waals surface area contributed by atoms with Crippen LogP contribution in [0, 0.1) is 17.7 Å². The molecule has 3 heterocycles. The lowest BCUT2D eigenvalue weighted by Gasteiger charge is -2.32. The molecule has 0 atom stereocenters. The van der Waals surface area contributed by atoms with Crippen molar-refractivity contribution in [3.05, 3.63) is 54.4 Å². The molecule has 1 N–H and O–H groups in total. The predicted octanol–water partition coefficient (Wildman–Crippen LogP) is 4.59. The number of carbonyl (C=O) groups excluding carboxylic acids is 1. The van der Waals surface area contributed by atoms with Gasteiger partial charge in [0, 0.05) is 69.1 Å². The molecular formula is C29H39FN6O3. The number of aromatic nitrogens is 4. The summed E-state index contributed by atoms with van der Waals surface area (Å²) < 4.78 is 26.9. The normalized spacial score (nSPS) is 14.1. The van der Waals surface area contributed by atoms with Gasteiger partial charge in [-0.05, 0) is 49.7 Å². The molecule has 210 valence electrons. The van der Waals surface area contributed by atoms with Gasteiger partial charge in [-0.3, -0.25) is 9.48 Å². The Kier molecular flexibility index (Phi) is 10.2. The van der Waals surface area contributed by atoms with Crippen LogP contribution in [-0.2, 0) is 11.3 Å². The molecule has 0 saturated carbocycles. The van der Waals surface area contributed by atoms with E-state index in [1.807, 2.05) is 29.5 Å². The van der Waals surface area contributed by atoms with Crippen molar-refractivity contribution < 1.29 is 18.7 Å². The van der Waals surface area contributed by atoms with Crippen molar-refractivity contribution in [1.82, 2.24) is 25.1 Å². The quantitative estimate of drug-likeness (QED) is 0.318. The van der Waals surface area contributed by atoms with Gasteiger partial charge in [0.2, 0.25) is 5.95 Å². The first-order valence-corrected chi connectivity index (χ1v) is 13.7. The minimum absolute atomic E-state index is 0.00147. The fourth-order valence-electron chi connectivity index (χ4n) is 4.74. The van der Waals surface area contributed by atoms with Gasteiger partial charge >= 0.3 is 0 Å². The second kappa shape index (κ2) is 14.0. The highest BCUT2D eigenvalue weighted by molar-refractivity contribution is 5.94. The lowest BCUT2D eigenvalue weighted by Crippen LogP contribution is -2.34. The van der Waals surface area contributed by atoms with Crippen LogP contribution in [0.1, 0.15) is 49.9 Å². The number of amides is 1. The highest BCUT2D eigenvalue weighted by Gasteiger charge is 2.21. The van der Waals surface area contributed by atoms with E-state index in [-0.39, 0.29) is 5.56 Å². The molecule has 1 aliphatic rings. The fraction of sp³-hybridized carbons (Fsp3) is 0.517. The van der Waals surface area contributed by atoms with Crippen molar-refractivity contribution >= 4 is 11.9 Å². The van der Waals surface area contributed by atoms with E-state index in [4.69, 9.17) is 9.47 Å². The van der Waals surface area contributed by atoms with Gasteiger partial charge in [0.1, 0.15) is 11.6 Å². The van der Waals surface area contributed by atoms with Crippen LogP contribution < -0.4 is 15.0 Å². The molecule has 1 aromatic carbocycles. The fourth-order valence-corrected chi connectivity index (χ4v) is 4.74. The first-order chi connectivity index (χ1) is 18.9. The van der Waals surface area contributed by atoms with Gasteiger partial charge in [-0.1, -0.05) is 13.8 Å². The summed E-state index contributed by atoms with van der Waals surface area (Å²) in [7, 11) is 1.54. The molecule has 0 aliphatic carbocycles. The number of rotatable bonds is 13. The van der Waals surface area contributed by atoms with Gasteiger partial charge in [0.25, 0.3) is 5.91 Å². The molecule has 0 unspecified atom stereocenters. The number of hydrogen-bond donors (Lipinski definition) is 1. The first kappa shape index (κ1) is 28.5. The standard InChI is InChI=1S/C29H39FN6O3/c1-21(2)19-36-20-24(18-34-36)23-16-32-29(33-17-23)35-11-8-22(9-12-35)5-4-13-39-25-6-7-26(27(30)15-25)28(37)31-10-14-38-3/h6-7,15-18,20-22H,4-5,8-14,19H2,1-3H3,(H,31,37). The van der Waals surface area contributed by atoms with Crippen molar-refractivity contribution in [1.29, 1.82) is 0 Å². The topological polar surface area (TPSA) is 94.4 Å². The molecule has 39 heavy (non-hydrogen) atoms. The Morgan fingerprint density at radius 2 is 1.90 bits per heavy atom. The minimum Gasteiger partial charge on any atom is -0.493 e. The van der Waals surface area contributed by atoms with E-state index in [2.05, 4.69) is 39.1 Å². The lowest BCUT2D eigenvalue weighted by molar-refractivity contribution is 0.0933. The maximum Gasteiger partial charge on any atom is 0.254 e. The Labute approximate surface area is 229 Å². The van der Waals surface area contributed by atoms with Crippen LogP contribution in [0.3, 0.4) is 0 Å². The molecule has 1 amide bonds. The van der Waals surface area contributed by atoms with Gasteiger partial charge in [-0.2, -0.15) is 5.10 Å². The van der Waals surface area contributed by atoms with Crippen LogP contribution in [0.4, 0.5) is 10.3 Å². The first-order valence-electron chi connectivity index (χ1n) is 13.7. The number of nitrogens with one attached hydrogen (secondary N) is 1. The summed E-state index contributed by atoms with van der Waals surface area (Å²) in [5.41, 5.74) is 2.01. The van der Waals surface area contributed by atoms with E-state index in [0.29, 0.717) is 37.3 Å². The number of benzene rings is 1. The number of halogens is 1. The van der Waals surface area contributed by atoms with Crippen LogP contribution in [0.15, 0.2) is 43.0 Å². The Hall–Kier alpha value is -3.53. The van der Waals surface area contributed by atoms with Crippen molar-refractivity contribution in [2.75, 3.05) is 44.9 Å². The van der Waals surface area contributed by atoms with E-state index >= 15 is 0 Å². The van der Waals surface area contributed by atoms with Gasteiger partial charge in [0.05, 0.1) is 25.0 Å². The Bertz CT molecular complexity index is 1190. The van der Waals surface area contributed by atoms with Crippen LogP contribution in [0.5, 0.6) is 5.75 Å². The molecule has 1 fully saturated rings. The maximum atomic E-state index is 14.3. The zero-order chi connectivity index (χ0) is 27.6. The van der Waals surface area contributed by atoms with Gasteiger partial charge in [-0.25, -0.2) is 14.4 Å². The van der Waals surface area contributed by atoms with E-state index < -0.39 is 11.7 Å². The lowest BCUT2D eigenvalue weighted by atomic mass is 9.92. The average Bonchev–Trinajstić information content (AvgIpc) is 3.39. The number of piperidine rings is 1. The summed E-state index contributed by atoms with van der Waals surface area (Å²) in [4.78, 5) is 23.5. The van der Waals surface area contributed by atoms with E-state index in [9.17, 15) is 9.18 Å². The third-order valence-electron chi connectivity index (χ3n) is 6.86. The van der Waals surface area contributed by atoms with E-state index in [1.54, 1.807) is 13.2 Å². The van der Waals surface area contributed by atoms with Gasteiger partial charge in [-0.15, -0.1) is 0 Å². The highest BCUT2D eigenvalue weighted by atomic mass is 19.1. The van der Waals surface area contributed by atoms with Crippen molar-refractivity contribution in [2.45, 2.75) is 46.1 Å². The molecule has 10 heteroatoms. The summed E-state index contributed by atoms with van der Waals surface area (Å²) in [5.74, 6) is 1.31. The summed E-state index contributed by atoms with van der Waals surface area (Å²) in [6, 6.07) is 4.36. The number of ether oxygens (including phenoxy) is 2. The molecule has 1 aliphatic heterocycles. The zero-order valence-electron chi connectivity index (χ0n) is 23.1. The molecule has 0 radical (unpaired) electrons. The second-order valence-corrected chi connectivity index (χ2v) is 10.4. The molecule has 4 rings (SSSR count). The van der Waals surface area contributed by atoms with Crippen LogP contribution in [0.25, 0.3) is 11.1 Å². The number of hydrogen-bond acceptors (Lipinski definition) is 7. The van der Waals surface area contributed by atoms with Crippen LogP contribution >= 0.6 is 0 Å². The highest BCUT2D eigenvalue weighted by Crippen LogP contribution is 2.26. The largest absolute Gasteiger partial charge is 0.493 e. The van der Waals surface area contributed by atoms with E-state index in [1.165, 1.54) is 12.1 Å². The molecule has 3 aromatic rings. The molecule has 0 spiro atoms. The summed E-state index contributed by atoms with van der Waals surface area (Å²) >= 11 is 0. The molecule has 2 aromatic heterocycles. The molecule has 9 nitrogen and oxygen atoms in total. The number of carbonyl (C=O) groups is 1. The minimum atomic E-state index is -0.591. The maximum absolute atomic E-state index is 14.3. The summed E-state index contributed by atoms with van der Waals surface area (Å²) in [5, 5.41) is 7.05. The molecule has 1 saturated heterocycles. The predicted molar refractivity (Wildman–Crippen MR) is 148 cm³/mol. The number of nitrogens with zero attached hydrogens (tertiary/aromatic N) is 5. The Morgan fingerprint density at radius 1 is 1.13 bits per heavy atom. The van der Waals surface area contributed by atoms with Crippen LogP contribution in [0.2, 0.25) is 0 Å². The van der Waals surface area contributed by atoms with Gasteiger partial charge < -0.3 is 19.7 Å². The summed E-state index contributed by atoms with van der Waals surface area (Å²) in [6.45, 7) is 8.31. The number of anilines is 1. The number of methoxy groups -OCH3 is 1. The average molecular weight is 539 g/mol. The molecule has 0 bridgehead atoms. The van der Waals surface area contributed by atoms with Crippen molar-refractivity contribution in [3.8, 4) is 16.9 Å². The van der Waals surface area contributed by atoms with E-state index in [0.717, 1.165) is 62.4 Å². The van der Waals surface area contributed by atoms with Crippen molar-refractivity contribution in [2.24, 2.45) is 11.8 Å². The zero-order valence-corrected chi connectivity index (χ0v) is 23.1. The second-order valence-electron chi connectivity index (χ2n) is 10.4. The smallest absolute Gasteiger partial charge is 0.254 e. The third-order valence-corrected chi connectivity index (χ3v) is 6.86. The third kappa shape index (κ3) is 8.23. The van der Waals surface area contributed by atoms with Gasteiger partial charge in [0.15, 0.2) is 0 Å². The van der Waals surface area contributed by atoms with Crippen molar-refractivity contribution in [3.63, 3.8) is 0 Å². The Morgan fingerprint density at radius 3 is 2.59 bits per heavy atom. The Balaban J connectivity index is 1.16. The molecular weight excluding hydrogens is 499 g/mol. The monoisotopic (exact) mass is 538 g/mol. The SMILES string of the molecule is COCCNC(=O)c1ccc(OCCCC2CCN(c3ncc(-c4cnn(CC(C)C)c4)cn3)CC2)cc1F. The summed E-state index contributed by atoms with van der Waals surface area (Å²) in [6.07, 6.45) is 11.8.